The van der Waals surface area contributed by atoms with Gasteiger partial charge in [0, 0.05) is 6.42 Å². The molecule has 0 aromatic heterocycles. The van der Waals surface area contributed by atoms with Gasteiger partial charge in [-0.2, -0.15) is 0 Å². The number of epoxide rings is 3. The van der Waals surface area contributed by atoms with Crippen LogP contribution in [0.5, 0.6) is 0 Å². The summed E-state index contributed by atoms with van der Waals surface area (Å²) in [5, 5.41) is 0. The zero-order valence-electron chi connectivity index (χ0n) is 18.8. The van der Waals surface area contributed by atoms with E-state index in [2.05, 4.69) is 0 Å². The van der Waals surface area contributed by atoms with E-state index in [9.17, 15) is 4.79 Å². The molecule has 0 saturated carbocycles. The van der Waals surface area contributed by atoms with Crippen LogP contribution in [0, 0.1) is 0 Å². The van der Waals surface area contributed by atoms with Crippen molar-refractivity contribution < 1.29 is 28.5 Å². The maximum atomic E-state index is 11.2. The molecule has 4 heterocycles. The van der Waals surface area contributed by atoms with Gasteiger partial charge in [-0.25, -0.2) is 0 Å². The molecule has 2 unspecified atom stereocenters. The summed E-state index contributed by atoms with van der Waals surface area (Å²) in [5.74, 6) is -1.65. The summed E-state index contributed by atoms with van der Waals surface area (Å²) in [7, 11) is 0. The molecule has 0 aromatic carbocycles. The van der Waals surface area contributed by atoms with Crippen molar-refractivity contribution in [1.29, 1.82) is 0 Å². The molecule has 4 aliphatic rings. The van der Waals surface area contributed by atoms with Crippen LogP contribution in [0.3, 0.4) is 0 Å². The van der Waals surface area contributed by atoms with E-state index in [1.165, 1.54) is 83.5 Å². The minimum Gasteiger partial charge on any atom is -0.466 e. The molecular weight excluding hydrogens is 384 g/mol. The Morgan fingerprint density at radius 3 is 1.67 bits per heavy atom. The minimum absolute atomic E-state index is 0.0414. The summed E-state index contributed by atoms with van der Waals surface area (Å²) in [4.78, 5) is 11.2. The molecule has 0 aliphatic carbocycles. The first-order valence-electron chi connectivity index (χ1n) is 12.6. The largest absolute Gasteiger partial charge is 0.466 e. The highest BCUT2D eigenvalue weighted by Gasteiger charge is 3.16. The smallest absolute Gasteiger partial charge is 0.355 e. The van der Waals surface area contributed by atoms with Gasteiger partial charge in [0.1, 0.15) is 6.10 Å². The van der Waals surface area contributed by atoms with E-state index in [0.717, 1.165) is 19.3 Å². The van der Waals surface area contributed by atoms with Gasteiger partial charge in [-0.3, -0.25) is 19.0 Å². The quantitative estimate of drug-likeness (QED) is 0.150. The van der Waals surface area contributed by atoms with Crippen LogP contribution in [-0.2, 0) is 28.5 Å². The Morgan fingerprint density at radius 2 is 1.23 bits per heavy atom. The first kappa shape index (κ1) is 22.5. The number of ether oxygens (including phenoxy) is 5. The van der Waals surface area contributed by atoms with Crippen LogP contribution in [0.4, 0.5) is 0 Å². The average molecular weight is 425 g/mol. The fourth-order valence-electron chi connectivity index (χ4n) is 4.96. The highest BCUT2D eigenvalue weighted by atomic mass is 17.2. The van der Waals surface area contributed by atoms with Gasteiger partial charge in [-0.1, -0.05) is 89.9 Å². The first-order chi connectivity index (χ1) is 14.7. The molecule has 4 saturated heterocycles. The molecule has 0 aromatic rings. The fraction of sp³-hybridized carbons (Fsp3) is 0.958. The van der Waals surface area contributed by atoms with Crippen molar-refractivity contribution in [3.63, 3.8) is 0 Å². The zero-order chi connectivity index (χ0) is 20.9. The highest BCUT2D eigenvalue weighted by Crippen LogP contribution is 2.88. The van der Waals surface area contributed by atoms with Crippen LogP contribution < -0.4 is 0 Å². The van der Waals surface area contributed by atoms with Crippen molar-refractivity contribution in [3.8, 4) is 0 Å². The van der Waals surface area contributed by atoms with Gasteiger partial charge in [0.25, 0.3) is 5.79 Å². The Morgan fingerprint density at radius 1 is 0.733 bits per heavy atom. The van der Waals surface area contributed by atoms with Gasteiger partial charge in [0.05, 0.1) is 6.61 Å². The standard InChI is InChI=1S/C24H40O6/c1-2-26-21(25)19-17-15-13-11-9-7-5-3-4-6-8-10-12-14-16-18-20-22(27-20)23-24(28-22,29-23)30-23/h20H,2-19H2,1H3. The van der Waals surface area contributed by atoms with Crippen LogP contribution in [0.1, 0.15) is 116 Å². The van der Waals surface area contributed by atoms with Crippen LogP contribution in [0.15, 0.2) is 0 Å². The van der Waals surface area contributed by atoms with E-state index in [-0.39, 0.29) is 12.1 Å². The second-order valence-corrected chi connectivity index (χ2v) is 9.40. The Balaban J connectivity index is 0.823. The molecule has 6 heteroatoms. The average Bonchev–Trinajstić information content (AvgIpc) is 3.61. The van der Waals surface area contributed by atoms with E-state index in [4.69, 9.17) is 23.7 Å². The number of esters is 1. The second-order valence-electron chi connectivity index (χ2n) is 9.40. The van der Waals surface area contributed by atoms with Crippen molar-refractivity contribution in [1.82, 2.24) is 0 Å². The molecule has 172 valence electrons. The molecule has 6 nitrogen and oxygen atoms in total. The molecule has 4 rings (SSSR count). The van der Waals surface area contributed by atoms with Crippen LogP contribution >= 0.6 is 0 Å². The molecule has 0 bridgehead atoms. The third-order valence-corrected chi connectivity index (χ3v) is 6.96. The molecule has 4 aliphatic heterocycles. The van der Waals surface area contributed by atoms with Crippen molar-refractivity contribution in [3.05, 3.63) is 0 Å². The van der Waals surface area contributed by atoms with Gasteiger partial charge in [0.15, 0.2) is 0 Å². The topological polar surface area (TPSA) is 73.1 Å². The second kappa shape index (κ2) is 9.85. The maximum absolute atomic E-state index is 11.2. The summed E-state index contributed by atoms with van der Waals surface area (Å²) in [6.45, 7) is 2.36. The Hall–Kier alpha value is -0.690. The summed E-state index contributed by atoms with van der Waals surface area (Å²) < 4.78 is 26.9. The van der Waals surface area contributed by atoms with Crippen molar-refractivity contribution in [2.45, 2.75) is 140 Å². The number of rotatable bonds is 19. The van der Waals surface area contributed by atoms with E-state index in [0.29, 0.717) is 13.0 Å². The maximum Gasteiger partial charge on any atom is 0.355 e. The van der Waals surface area contributed by atoms with E-state index < -0.39 is 17.5 Å². The number of unbranched alkanes of at least 4 members (excludes halogenated alkanes) is 14. The van der Waals surface area contributed by atoms with Gasteiger partial charge in [-0.05, 0) is 19.8 Å². The molecule has 30 heavy (non-hydrogen) atoms. The number of hydrogen-bond acceptors (Lipinski definition) is 6. The predicted molar refractivity (Wildman–Crippen MR) is 111 cm³/mol. The zero-order valence-corrected chi connectivity index (χ0v) is 18.8. The number of carbonyl (C=O) groups excluding carboxylic acids is 1. The van der Waals surface area contributed by atoms with E-state index >= 15 is 0 Å². The predicted octanol–water partition coefficient (Wildman–Crippen LogP) is 5.72. The summed E-state index contributed by atoms with van der Waals surface area (Å²) in [5.41, 5.74) is 0. The third kappa shape index (κ3) is 4.72. The fourth-order valence-corrected chi connectivity index (χ4v) is 4.96. The molecular formula is C24H40O6. The van der Waals surface area contributed by atoms with Crippen molar-refractivity contribution >= 4 is 5.97 Å². The number of hydrogen-bond donors (Lipinski definition) is 0. The first-order valence-corrected chi connectivity index (χ1v) is 12.6. The molecule has 0 amide bonds. The van der Waals surface area contributed by atoms with E-state index in [1.54, 1.807) is 0 Å². The molecule has 2 atom stereocenters. The Kier molecular flexibility index (Phi) is 7.38. The van der Waals surface area contributed by atoms with Crippen molar-refractivity contribution in [2.24, 2.45) is 0 Å². The normalized spacial score (nSPS) is 34.2. The van der Waals surface area contributed by atoms with Crippen LogP contribution in [0.2, 0.25) is 0 Å². The van der Waals surface area contributed by atoms with E-state index in [1.807, 2.05) is 6.92 Å². The van der Waals surface area contributed by atoms with Gasteiger partial charge in [0.2, 0.25) is 0 Å². The minimum atomic E-state index is -0.645. The lowest BCUT2D eigenvalue weighted by Crippen LogP contribution is -2.39. The van der Waals surface area contributed by atoms with Crippen molar-refractivity contribution in [2.75, 3.05) is 6.61 Å². The SMILES string of the molecule is CCOC(=O)CCCCCCCCCCCCCCCCCC1OC12OC13OC12O3. The summed E-state index contributed by atoms with van der Waals surface area (Å²) in [6.07, 6.45) is 21.4. The summed E-state index contributed by atoms with van der Waals surface area (Å²) >= 11 is 0. The molecule has 1 spiro atoms. The lowest BCUT2D eigenvalue weighted by molar-refractivity contribution is -0.166. The van der Waals surface area contributed by atoms with Gasteiger partial charge < -0.3 is 9.47 Å². The molecule has 4 fully saturated rings. The summed E-state index contributed by atoms with van der Waals surface area (Å²) in [6, 6.07) is 0. The lowest BCUT2D eigenvalue weighted by Gasteiger charge is -2.10. The Labute approximate surface area is 181 Å². The lowest BCUT2D eigenvalue weighted by atomic mass is 10.0. The Bertz CT molecular complexity index is 572. The third-order valence-electron chi connectivity index (χ3n) is 6.96. The van der Waals surface area contributed by atoms with Gasteiger partial charge in [-0.15, -0.1) is 0 Å². The van der Waals surface area contributed by atoms with Crippen LogP contribution in [-0.4, -0.2) is 36.2 Å². The van der Waals surface area contributed by atoms with Gasteiger partial charge >= 0.3 is 17.7 Å². The molecule has 0 N–H and O–H groups in total. The molecule has 0 radical (unpaired) electrons. The van der Waals surface area contributed by atoms with Crippen LogP contribution in [0.25, 0.3) is 0 Å². The monoisotopic (exact) mass is 424 g/mol. The number of carbonyl (C=O) groups is 1. The highest BCUT2D eigenvalue weighted by molar-refractivity contribution is 5.69.